The fraction of sp³-hybridized carbons (Fsp3) is 0.702. The Balaban J connectivity index is 1.71. The number of carbonyl (C=O) groups excluding carboxylic acids is 8. The number of nitrogens with zero attached hydrogens (tertiary/aromatic N) is 3. The van der Waals surface area contributed by atoms with Crippen molar-refractivity contribution in [1.29, 1.82) is 0 Å². The normalized spacial score (nSPS) is 16.6. The standard InChI is InChI=1S/C57H90N6O16S/c1-11-18-49(68)77-35-63(56(72)52(37(6)12-2)61-54(71)45-19-14-15-27-62(45)9)46(36(4)5)31-47(78-39(8)65)55-60-44(34-80-55)53(70)59-41(30-40-22-24-42(66)25-23-40)29-38(7)57(73)75-28-17-26-58-48(67)20-16-21-50(69)76-33-51(74-10)79-43(13-3)32-64/h22-25,34,36-38,41,43,45-47,51-52,64,66H,11-21,26-33,35H2,1-10H3,(H,58,67)(H,59,70)(H,61,71)/t37-,38-,41+,43?,45+,46+,47+,51?,52-/m0/s1. The molecule has 1 aromatic heterocycles. The molecular weight excluding hydrogens is 1060 g/mol. The van der Waals surface area contributed by atoms with Crippen LogP contribution >= 0.6 is 11.3 Å². The summed E-state index contributed by atoms with van der Waals surface area (Å²) in [5, 5.41) is 29.9. The molecule has 0 aliphatic carbocycles. The van der Waals surface area contributed by atoms with Gasteiger partial charge < -0.3 is 59.5 Å². The number of carbonyl (C=O) groups is 8. The molecule has 1 aliphatic heterocycles. The number of phenols is 1. The maximum absolute atomic E-state index is 14.9. The van der Waals surface area contributed by atoms with Crippen LogP contribution in [-0.2, 0) is 68.4 Å². The average molecular weight is 1150 g/mol. The number of aliphatic hydroxyl groups is 1. The summed E-state index contributed by atoms with van der Waals surface area (Å²) in [6, 6.07) is 3.73. The molecule has 0 spiro atoms. The van der Waals surface area contributed by atoms with Crippen molar-refractivity contribution in [1.82, 2.24) is 30.7 Å². The third kappa shape index (κ3) is 24.1. The molecule has 5 N–H and O–H groups in total. The van der Waals surface area contributed by atoms with Gasteiger partial charge in [0.15, 0.2) is 19.1 Å². The second-order valence-corrected chi connectivity index (χ2v) is 21.8. The van der Waals surface area contributed by atoms with Gasteiger partial charge in [-0.25, -0.2) is 4.98 Å². The Hall–Kier alpha value is -5.75. The molecular formula is C57H90N6O16S. The zero-order valence-electron chi connectivity index (χ0n) is 48.7. The van der Waals surface area contributed by atoms with Crippen molar-refractivity contribution in [2.24, 2.45) is 17.8 Å². The summed E-state index contributed by atoms with van der Waals surface area (Å²) in [6.45, 7) is 14.4. The first-order valence-electron chi connectivity index (χ1n) is 28.2. The Morgan fingerprint density at radius 2 is 1.60 bits per heavy atom. The number of piperidine rings is 1. The van der Waals surface area contributed by atoms with E-state index in [0.29, 0.717) is 32.1 Å². The summed E-state index contributed by atoms with van der Waals surface area (Å²) < 4.78 is 33.0. The first-order chi connectivity index (χ1) is 38.1. The summed E-state index contributed by atoms with van der Waals surface area (Å²) in [7, 11) is 3.29. The molecule has 22 nitrogen and oxygen atoms in total. The largest absolute Gasteiger partial charge is 0.508 e. The predicted molar refractivity (Wildman–Crippen MR) is 298 cm³/mol. The number of nitrogens with one attached hydrogen (secondary N) is 3. The number of likely N-dealkylation sites (tertiary alicyclic amines) is 1. The molecule has 0 radical (unpaired) electrons. The van der Waals surface area contributed by atoms with E-state index in [1.165, 1.54) is 36.4 Å². The molecule has 1 aromatic carbocycles. The minimum Gasteiger partial charge on any atom is -0.508 e. The minimum absolute atomic E-state index is 0.00200. The quantitative estimate of drug-likeness (QED) is 0.0228. The fourth-order valence-corrected chi connectivity index (χ4v) is 9.88. The Bertz CT molecular complexity index is 2240. The van der Waals surface area contributed by atoms with Crippen LogP contribution in [0, 0.1) is 17.8 Å². The molecule has 0 bridgehead atoms. The van der Waals surface area contributed by atoms with Crippen molar-refractivity contribution in [3.63, 3.8) is 0 Å². The SMILES string of the molecule is CCCC(=O)OCN(C(=O)[C@@H](NC(=O)[C@H]1CCCCN1C)[C@@H](C)CC)[C@H](C[C@@H](OC(C)=O)c1nc(C(=O)N[C@@H](Cc2ccc(O)cc2)C[C@H](C)C(=O)OCCCNC(=O)CCCC(=O)OCC(OC)OC(CC)CO)cs1)C(C)C. The van der Waals surface area contributed by atoms with Gasteiger partial charge in [0.1, 0.15) is 29.1 Å². The molecule has 3 rings (SSSR count). The van der Waals surface area contributed by atoms with Crippen LogP contribution in [0.4, 0.5) is 0 Å². The summed E-state index contributed by atoms with van der Waals surface area (Å²) in [4.78, 5) is 114. The Morgan fingerprint density at radius 3 is 2.23 bits per heavy atom. The van der Waals surface area contributed by atoms with E-state index < -0.39 is 91.0 Å². The number of rotatable bonds is 37. The maximum atomic E-state index is 14.9. The molecule has 23 heteroatoms. The number of methoxy groups -OCH3 is 1. The summed E-state index contributed by atoms with van der Waals surface area (Å²) in [5.41, 5.74) is 0.773. The van der Waals surface area contributed by atoms with Gasteiger partial charge in [-0.05, 0) is 94.5 Å². The monoisotopic (exact) mass is 1150 g/mol. The predicted octanol–water partition coefficient (Wildman–Crippen LogP) is 5.90. The van der Waals surface area contributed by atoms with Gasteiger partial charge in [-0.2, -0.15) is 0 Å². The lowest BCUT2D eigenvalue weighted by Crippen LogP contribution is -2.59. The Labute approximate surface area is 476 Å². The van der Waals surface area contributed by atoms with Gasteiger partial charge in [0.05, 0.1) is 31.3 Å². The van der Waals surface area contributed by atoms with Crippen molar-refractivity contribution >= 4 is 58.8 Å². The molecule has 450 valence electrons. The van der Waals surface area contributed by atoms with Crippen LogP contribution in [0.5, 0.6) is 5.75 Å². The van der Waals surface area contributed by atoms with E-state index >= 15 is 0 Å². The van der Waals surface area contributed by atoms with Crippen LogP contribution in [0.25, 0.3) is 0 Å². The summed E-state index contributed by atoms with van der Waals surface area (Å²) in [6.07, 6.45) is 3.00. The molecule has 4 amide bonds. The lowest BCUT2D eigenvalue weighted by Gasteiger charge is -2.39. The van der Waals surface area contributed by atoms with Crippen LogP contribution in [0.15, 0.2) is 29.6 Å². The highest BCUT2D eigenvalue weighted by atomic mass is 32.1. The number of ether oxygens (including phenoxy) is 6. The average Bonchev–Trinajstić information content (AvgIpc) is 3.93. The van der Waals surface area contributed by atoms with E-state index in [-0.39, 0.29) is 111 Å². The number of thiazole rings is 1. The number of aromatic hydroxyl groups is 1. The highest BCUT2D eigenvalue weighted by Crippen LogP contribution is 2.32. The first kappa shape index (κ1) is 68.5. The summed E-state index contributed by atoms with van der Waals surface area (Å²) >= 11 is 1.08. The number of hydrogen-bond donors (Lipinski definition) is 5. The van der Waals surface area contributed by atoms with E-state index in [9.17, 15) is 48.6 Å². The third-order valence-corrected chi connectivity index (χ3v) is 15.0. The molecule has 9 atom stereocenters. The van der Waals surface area contributed by atoms with Crippen LogP contribution in [0.1, 0.15) is 166 Å². The van der Waals surface area contributed by atoms with Gasteiger partial charge in [-0.3, -0.25) is 43.3 Å². The van der Waals surface area contributed by atoms with Gasteiger partial charge in [0.2, 0.25) is 17.7 Å². The molecule has 1 aliphatic rings. The second-order valence-electron chi connectivity index (χ2n) is 20.9. The van der Waals surface area contributed by atoms with E-state index in [1.807, 2.05) is 53.5 Å². The van der Waals surface area contributed by atoms with Crippen molar-refractivity contribution in [2.75, 3.05) is 53.8 Å². The van der Waals surface area contributed by atoms with Crippen LogP contribution in [0.2, 0.25) is 0 Å². The zero-order chi connectivity index (χ0) is 59.3. The number of amides is 4. The number of hydrogen-bond acceptors (Lipinski definition) is 19. The molecule has 80 heavy (non-hydrogen) atoms. The minimum atomic E-state index is -1.05. The molecule has 2 aromatic rings. The maximum Gasteiger partial charge on any atom is 0.308 e. The third-order valence-electron chi connectivity index (χ3n) is 14.0. The van der Waals surface area contributed by atoms with E-state index in [1.54, 1.807) is 19.1 Å². The lowest BCUT2D eigenvalue weighted by molar-refractivity contribution is -0.194. The van der Waals surface area contributed by atoms with Crippen LogP contribution < -0.4 is 16.0 Å². The van der Waals surface area contributed by atoms with Crippen molar-refractivity contribution in [3.05, 3.63) is 45.9 Å². The Kier molecular flexibility index (Phi) is 31.3. The molecule has 0 saturated carbocycles. The van der Waals surface area contributed by atoms with E-state index in [4.69, 9.17) is 28.4 Å². The van der Waals surface area contributed by atoms with Crippen molar-refractivity contribution < 1.29 is 77.0 Å². The van der Waals surface area contributed by atoms with E-state index in [2.05, 4.69) is 20.9 Å². The number of esters is 4. The van der Waals surface area contributed by atoms with Crippen molar-refractivity contribution in [2.45, 2.75) is 188 Å². The zero-order valence-corrected chi connectivity index (χ0v) is 49.5. The molecule has 1 fully saturated rings. The van der Waals surface area contributed by atoms with Gasteiger partial charge in [-0.15, -0.1) is 11.3 Å². The topological polar surface area (TPSA) is 288 Å². The first-order valence-corrected chi connectivity index (χ1v) is 29.1. The molecule has 2 unspecified atom stereocenters. The number of aromatic nitrogens is 1. The molecule has 2 heterocycles. The van der Waals surface area contributed by atoms with Gasteiger partial charge in [0.25, 0.3) is 5.91 Å². The number of likely N-dealkylation sites (N-methyl/N-ethyl adjacent to an activating group) is 1. The van der Waals surface area contributed by atoms with Gasteiger partial charge >= 0.3 is 23.9 Å². The highest BCUT2D eigenvalue weighted by Gasteiger charge is 2.40. The van der Waals surface area contributed by atoms with Crippen LogP contribution in [0.3, 0.4) is 0 Å². The number of aliphatic hydroxyl groups excluding tert-OH is 1. The van der Waals surface area contributed by atoms with Crippen LogP contribution in [-0.4, -0.2) is 163 Å². The lowest BCUT2D eigenvalue weighted by atomic mass is 9.92. The second kappa shape index (κ2) is 36.6. The molecule has 1 saturated heterocycles. The summed E-state index contributed by atoms with van der Waals surface area (Å²) in [5.74, 6) is -4.99. The highest BCUT2D eigenvalue weighted by molar-refractivity contribution is 7.09. The number of benzene rings is 1. The van der Waals surface area contributed by atoms with Crippen molar-refractivity contribution in [3.8, 4) is 5.75 Å². The Morgan fingerprint density at radius 1 is 0.887 bits per heavy atom. The van der Waals surface area contributed by atoms with Gasteiger partial charge in [0, 0.05) is 63.7 Å². The fourth-order valence-electron chi connectivity index (χ4n) is 9.04. The number of phenolic OH excluding ortho intramolecular Hbond substituents is 1. The smallest absolute Gasteiger partial charge is 0.308 e. The van der Waals surface area contributed by atoms with E-state index in [0.717, 1.165) is 36.3 Å². The van der Waals surface area contributed by atoms with Gasteiger partial charge in [-0.1, -0.05) is 73.4 Å².